The summed E-state index contributed by atoms with van der Waals surface area (Å²) in [7, 11) is -8.02. The average Bonchev–Trinajstić information content (AvgIpc) is 1.81. The van der Waals surface area contributed by atoms with Gasteiger partial charge in [-0.1, -0.05) is 9.05 Å². The summed E-state index contributed by atoms with van der Waals surface area (Å²) in [6.07, 6.45) is 0. The molecule has 0 atom stereocenters. The van der Waals surface area contributed by atoms with E-state index >= 15 is 0 Å². The summed E-state index contributed by atoms with van der Waals surface area (Å²) in [6, 6.07) is 0. The predicted molar refractivity (Wildman–Crippen MR) is 20.9 cm³/mol. The van der Waals surface area contributed by atoms with Crippen LogP contribution in [0.1, 0.15) is 0 Å². The molecule has 0 saturated carbocycles. The maximum Gasteiger partial charge on any atom is 1.00 e. The van der Waals surface area contributed by atoms with Crippen LogP contribution in [-0.2, 0) is 24.2 Å². The summed E-state index contributed by atoms with van der Waals surface area (Å²) in [4.78, 5) is 4.75. The van der Waals surface area contributed by atoms with Gasteiger partial charge in [-0.05, 0) is 0 Å². The van der Waals surface area contributed by atoms with Crippen LogP contribution < -0.4 is 18.9 Å². The van der Waals surface area contributed by atoms with Gasteiger partial charge in [0, 0.05) is 0 Å². The van der Waals surface area contributed by atoms with Gasteiger partial charge in [-0.3, -0.25) is 4.10 Å². The number of hydrogen-bond donors (Lipinski definition) is 0. The molecular formula is BF2LiO6S. The van der Waals surface area contributed by atoms with Crippen molar-refractivity contribution >= 4 is 17.7 Å². The summed E-state index contributed by atoms with van der Waals surface area (Å²) in [5.41, 5.74) is 0. The summed E-state index contributed by atoms with van der Waals surface area (Å²) in [5, 5.41) is 0. The topological polar surface area (TPSA) is 84.9 Å². The Labute approximate surface area is 72.9 Å². The molecule has 0 aromatic carbocycles. The molecule has 0 amide bonds. The van der Waals surface area contributed by atoms with Crippen LogP contribution in [0.25, 0.3) is 0 Å². The Kier molecular flexibility index (Phi) is 7.44. The van der Waals surface area contributed by atoms with Crippen LogP contribution in [0.5, 0.6) is 0 Å². The second-order valence-electron chi connectivity index (χ2n) is 0.971. The fraction of sp³-hybridized carbons (Fsp3) is 0. The van der Waals surface area contributed by atoms with Gasteiger partial charge in [0.15, 0.2) is 0 Å². The SMILES string of the molecule is O=S(=O)([O-])OB(OF)OF.[Li+]. The first kappa shape index (κ1) is 13.9. The molecule has 11 heavy (non-hydrogen) atoms. The molecular weight excluding hydrogens is 184 g/mol. The first-order valence-corrected chi connectivity index (χ1v) is 3.02. The van der Waals surface area contributed by atoms with E-state index in [1.165, 1.54) is 0 Å². The summed E-state index contributed by atoms with van der Waals surface area (Å²) < 4.78 is 53.0. The smallest absolute Gasteiger partial charge is 0.726 e. The molecule has 6 nitrogen and oxygen atoms in total. The molecule has 0 bridgehead atoms. The largest absolute Gasteiger partial charge is 1.00 e. The van der Waals surface area contributed by atoms with E-state index < -0.39 is 17.7 Å². The maximum absolute atomic E-state index is 10.8. The molecule has 0 aromatic heterocycles. The predicted octanol–water partition coefficient (Wildman–Crippen LogP) is -3.75. The van der Waals surface area contributed by atoms with E-state index in [1.54, 1.807) is 0 Å². The zero-order chi connectivity index (χ0) is 8.20. The standard InChI is InChI=1S/BF2HO6S.Li/c2-7-1(8-3)9-10(4,5)6;/h(H,4,5,6);/q;+1/p-1. The van der Waals surface area contributed by atoms with Crippen molar-refractivity contribution in [2.24, 2.45) is 0 Å². The zero-order valence-corrected chi connectivity index (χ0v) is 6.01. The van der Waals surface area contributed by atoms with E-state index in [0.29, 0.717) is 0 Å². The molecule has 0 aliphatic carbocycles. The van der Waals surface area contributed by atoms with Crippen LogP contribution in [0.3, 0.4) is 0 Å². The fourth-order valence-corrected chi connectivity index (χ4v) is 0.392. The first-order valence-electron chi connectivity index (χ1n) is 1.68. The molecule has 0 saturated heterocycles. The minimum atomic E-state index is -5.23. The van der Waals surface area contributed by atoms with Crippen molar-refractivity contribution < 1.29 is 54.7 Å². The van der Waals surface area contributed by atoms with Crippen molar-refractivity contribution in [3.8, 4) is 0 Å². The molecule has 60 valence electrons. The monoisotopic (exact) mass is 184 g/mol. The molecule has 0 aromatic rings. The Balaban J connectivity index is 0. The van der Waals surface area contributed by atoms with Crippen LogP contribution >= 0.6 is 0 Å². The quantitative estimate of drug-likeness (QED) is 0.253. The normalized spacial score (nSPS) is 10.5. The van der Waals surface area contributed by atoms with Crippen LogP contribution in [0.15, 0.2) is 0 Å². The number of rotatable bonds is 4. The first-order chi connectivity index (χ1) is 4.49. The number of hydrogen-bond acceptors (Lipinski definition) is 6. The Morgan fingerprint density at radius 2 is 1.64 bits per heavy atom. The minimum absolute atomic E-state index is 0. The summed E-state index contributed by atoms with van der Waals surface area (Å²) in [5.74, 6) is 0. The van der Waals surface area contributed by atoms with Crippen LogP contribution in [0.2, 0.25) is 0 Å². The van der Waals surface area contributed by atoms with Crippen molar-refractivity contribution in [3.63, 3.8) is 0 Å². The number of halogens is 2. The van der Waals surface area contributed by atoms with Gasteiger partial charge >= 0.3 is 26.2 Å². The summed E-state index contributed by atoms with van der Waals surface area (Å²) in [6.45, 7) is 0. The third-order valence-corrected chi connectivity index (χ3v) is 0.735. The Hall–Kier alpha value is 0.312. The molecule has 0 unspecified atom stereocenters. The third-order valence-electron chi connectivity index (χ3n) is 0.342. The Morgan fingerprint density at radius 1 is 1.27 bits per heavy atom. The van der Waals surface area contributed by atoms with E-state index in [0.717, 1.165) is 0 Å². The van der Waals surface area contributed by atoms with Crippen molar-refractivity contribution in [1.29, 1.82) is 0 Å². The van der Waals surface area contributed by atoms with Crippen molar-refractivity contribution in [1.82, 2.24) is 0 Å². The Morgan fingerprint density at radius 3 is 1.73 bits per heavy atom. The van der Waals surface area contributed by atoms with Gasteiger partial charge in [-0.2, -0.15) is 9.72 Å². The fourth-order valence-electron chi connectivity index (χ4n) is 0.140. The van der Waals surface area contributed by atoms with E-state index in [4.69, 9.17) is 0 Å². The van der Waals surface area contributed by atoms with E-state index in [-0.39, 0.29) is 18.9 Å². The molecule has 0 rings (SSSR count). The van der Waals surface area contributed by atoms with E-state index in [2.05, 4.69) is 13.8 Å². The van der Waals surface area contributed by atoms with Gasteiger partial charge in [0.2, 0.25) is 10.4 Å². The van der Waals surface area contributed by atoms with Crippen LogP contribution in [-0.4, -0.2) is 20.3 Å². The second kappa shape index (κ2) is 5.90. The maximum atomic E-state index is 10.8. The molecule has 0 heterocycles. The van der Waals surface area contributed by atoms with Gasteiger partial charge in [0.05, 0.1) is 0 Å². The zero-order valence-electron chi connectivity index (χ0n) is 5.19. The van der Waals surface area contributed by atoms with Gasteiger partial charge in [-0.15, -0.1) is 0 Å². The molecule has 11 heteroatoms. The Bertz CT molecular complexity index is 175. The third kappa shape index (κ3) is 8.22. The summed E-state index contributed by atoms with van der Waals surface area (Å²) >= 11 is 0. The molecule has 0 fully saturated rings. The van der Waals surface area contributed by atoms with Gasteiger partial charge < -0.3 is 4.55 Å². The van der Waals surface area contributed by atoms with Crippen molar-refractivity contribution in [2.45, 2.75) is 0 Å². The van der Waals surface area contributed by atoms with Gasteiger partial charge in [0.25, 0.3) is 0 Å². The van der Waals surface area contributed by atoms with E-state index in [9.17, 15) is 22.0 Å². The van der Waals surface area contributed by atoms with Crippen molar-refractivity contribution in [2.75, 3.05) is 0 Å². The van der Waals surface area contributed by atoms with Gasteiger partial charge in [-0.25, -0.2) is 8.42 Å². The second-order valence-corrected chi connectivity index (χ2v) is 1.98. The molecule has 0 aliphatic rings. The van der Waals surface area contributed by atoms with E-state index in [1.807, 2.05) is 0 Å². The van der Waals surface area contributed by atoms with Crippen LogP contribution in [0.4, 0.5) is 9.05 Å². The van der Waals surface area contributed by atoms with Crippen LogP contribution in [0, 0.1) is 0 Å². The van der Waals surface area contributed by atoms with Gasteiger partial charge in [0.1, 0.15) is 0 Å². The van der Waals surface area contributed by atoms with Crippen molar-refractivity contribution in [3.05, 3.63) is 0 Å². The molecule has 0 radical (unpaired) electrons. The molecule has 0 N–H and O–H groups in total. The average molecular weight is 184 g/mol. The minimum Gasteiger partial charge on any atom is -0.726 e. The molecule has 0 spiro atoms. The molecule has 0 aliphatic heterocycles.